The van der Waals surface area contributed by atoms with E-state index in [4.69, 9.17) is 4.74 Å². The van der Waals surface area contributed by atoms with Crippen molar-refractivity contribution < 1.29 is 19.1 Å². The van der Waals surface area contributed by atoms with E-state index >= 15 is 0 Å². The zero-order valence-corrected chi connectivity index (χ0v) is 11.3. The Morgan fingerprint density at radius 1 is 1.18 bits per heavy atom. The molecule has 0 saturated carbocycles. The average Bonchev–Trinajstić information content (AvgIpc) is 2.21. The molecule has 5 nitrogen and oxygen atoms in total. The molecule has 1 N–H and O–H groups in total. The standard InChI is InChI=1S/C12H23NO4/c1-8(2)6-10(12(15)16-5)13-7-11(14)17-9(3)4/h8-10,13H,6-7H2,1-5H3. The van der Waals surface area contributed by atoms with Crippen molar-refractivity contribution in [3.05, 3.63) is 0 Å². The monoisotopic (exact) mass is 245 g/mol. The summed E-state index contributed by atoms with van der Waals surface area (Å²) in [7, 11) is 1.34. The maximum absolute atomic E-state index is 11.4. The summed E-state index contributed by atoms with van der Waals surface area (Å²) >= 11 is 0. The summed E-state index contributed by atoms with van der Waals surface area (Å²) < 4.78 is 9.64. The third kappa shape index (κ3) is 7.74. The molecule has 0 bridgehead atoms. The summed E-state index contributed by atoms with van der Waals surface area (Å²) in [4.78, 5) is 22.8. The van der Waals surface area contributed by atoms with Crippen LogP contribution in [-0.4, -0.2) is 37.7 Å². The smallest absolute Gasteiger partial charge is 0.322 e. The Bertz CT molecular complexity index is 251. The normalized spacial score (nSPS) is 12.6. The highest BCUT2D eigenvalue weighted by Gasteiger charge is 2.21. The fourth-order valence-corrected chi connectivity index (χ4v) is 1.39. The Labute approximate surface area is 103 Å². The fourth-order valence-electron chi connectivity index (χ4n) is 1.39. The number of rotatable bonds is 7. The number of nitrogens with one attached hydrogen (secondary N) is 1. The molecule has 0 aromatic carbocycles. The first-order valence-corrected chi connectivity index (χ1v) is 5.87. The SMILES string of the molecule is COC(=O)C(CC(C)C)NCC(=O)OC(C)C. The molecule has 0 aliphatic heterocycles. The van der Waals surface area contributed by atoms with Crippen molar-refractivity contribution in [2.75, 3.05) is 13.7 Å². The van der Waals surface area contributed by atoms with Crippen molar-refractivity contribution in [3.8, 4) is 0 Å². The highest BCUT2D eigenvalue weighted by atomic mass is 16.5. The van der Waals surface area contributed by atoms with E-state index < -0.39 is 6.04 Å². The quantitative estimate of drug-likeness (QED) is 0.681. The number of hydrogen-bond donors (Lipinski definition) is 1. The van der Waals surface area contributed by atoms with Gasteiger partial charge in [0, 0.05) is 0 Å². The molecule has 0 aliphatic rings. The van der Waals surface area contributed by atoms with Gasteiger partial charge in [-0.15, -0.1) is 0 Å². The molecule has 0 aromatic rings. The molecule has 1 atom stereocenters. The third-order valence-corrected chi connectivity index (χ3v) is 2.05. The van der Waals surface area contributed by atoms with E-state index in [0.717, 1.165) is 0 Å². The molecular weight excluding hydrogens is 222 g/mol. The lowest BCUT2D eigenvalue weighted by molar-refractivity contribution is -0.147. The minimum atomic E-state index is -0.459. The van der Waals surface area contributed by atoms with E-state index in [1.54, 1.807) is 13.8 Å². The molecule has 0 amide bonds. The molecule has 0 spiro atoms. The lowest BCUT2D eigenvalue weighted by Crippen LogP contribution is -2.42. The third-order valence-electron chi connectivity index (χ3n) is 2.05. The highest BCUT2D eigenvalue weighted by Crippen LogP contribution is 2.06. The van der Waals surface area contributed by atoms with Crippen molar-refractivity contribution in [3.63, 3.8) is 0 Å². The second-order valence-corrected chi connectivity index (χ2v) is 4.62. The first kappa shape index (κ1) is 15.9. The van der Waals surface area contributed by atoms with Gasteiger partial charge in [0.05, 0.1) is 19.8 Å². The van der Waals surface area contributed by atoms with Crippen LogP contribution in [-0.2, 0) is 19.1 Å². The summed E-state index contributed by atoms with van der Waals surface area (Å²) in [6, 6.07) is -0.459. The van der Waals surface area contributed by atoms with Crippen molar-refractivity contribution >= 4 is 11.9 Å². The number of ether oxygens (including phenoxy) is 2. The Kier molecular flexibility index (Phi) is 7.54. The Morgan fingerprint density at radius 3 is 2.18 bits per heavy atom. The van der Waals surface area contributed by atoms with Gasteiger partial charge in [-0.3, -0.25) is 14.9 Å². The minimum absolute atomic E-state index is 0.0185. The lowest BCUT2D eigenvalue weighted by Gasteiger charge is -2.18. The van der Waals surface area contributed by atoms with Crippen molar-refractivity contribution in [1.29, 1.82) is 0 Å². The second-order valence-electron chi connectivity index (χ2n) is 4.62. The number of carbonyl (C=O) groups excluding carboxylic acids is 2. The Hall–Kier alpha value is -1.10. The van der Waals surface area contributed by atoms with Crippen LogP contribution in [0, 0.1) is 5.92 Å². The van der Waals surface area contributed by atoms with E-state index in [9.17, 15) is 9.59 Å². The summed E-state index contributed by atoms with van der Waals surface area (Å²) in [5.41, 5.74) is 0. The lowest BCUT2D eigenvalue weighted by atomic mass is 10.0. The number of hydrogen-bond acceptors (Lipinski definition) is 5. The van der Waals surface area contributed by atoms with Crippen LogP contribution in [0.25, 0.3) is 0 Å². The van der Waals surface area contributed by atoms with Crippen LogP contribution in [0.1, 0.15) is 34.1 Å². The summed E-state index contributed by atoms with van der Waals surface area (Å²) in [6.07, 6.45) is 0.479. The molecule has 17 heavy (non-hydrogen) atoms. The Balaban J connectivity index is 4.16. The van der Waals surface area contributed by atoms with Crippen molar-refractivity contribution in [2.45, 2.75) is 46.3 Å². The summed E-state index contributed by atoms with van der Waals surface area (Å²) in [5, 5.41) is 2.86. The molecule has 0 fully saturated rings. The first-order valence-electron chi connectivity index (χ1n) is 5.87. The molecular formula is C12H23NO4. The molecule has 0 radical (unpaired) electrons. The van der Waals surface area contributed by atoms with Crippen LogP contribution in [0.2, 0.25) is 0 Å². The van der Waals surface area contributed by atoms with Gasteiger partial charge in [-0.2, -0.15) is 0 Å². The topological polar surface area (TPSA) is 64.6 Å². The minimum Gasteiger partial charge on any atom is -0.468 e. The molecule has 0 aromatic heterocycles. The van der Waals surface area contributed by atoms with E-state index in [1.807, 2.05) is 13.8 Å². The van der Waals surface area contributed by atoms with Crippen LogP contribution in [0.5, 0.6) is 0 Å². The molecule has 0 heterocycles. The van der Waals surface area contributed by atoms with Gasteiger partial charge in [-0.1, -0.05) is 13.8 Å². The average molecular weight is 245 g/mol. The molecule has 1 unspecified atom stereocenters. The number of carbonyl (C=O) groups is 2. The molecule has 0 rings (SSSR count). The predicted molar refractivity (Wildman–Crippen MR) is 64.5 cm³/mol. The van der Waals surface area contributed by atoms with Crippen LogP contribution < -0.4 is 5.32 Å². The fraction of sp³-hybridized carbons (Fsp3) is 0.833. The van der Waals surface area contributed by atoms with Gasteiger partial charge in [0.2, 0.25) is 0 Å². The molecule has 100 valence electrons. The van der Waals surface area contributed by atoms with E-state index in [2.05, 4.69) is 10.1 Å². The van der Waals surface area contributed by atoms with E-state index in [-0.39, 0.29) is 24.6 Å². The van der Waals surface area contributed by atoms with Crippen molar-refractivity contribution in [2.24, 2.45) is 5.92 Å². The first-order chi connectivity index (χ1) is 7.86. The molecule has 5 heteroatoms. The van der Waals surface area contributed by atoms with Gasteiger partial charge in [0.25, 0.3) is 0 Å². The van der Waals surface area contributed by atoms with Gasteiger partial charge in [-0.05, 0) is 26.2 Å². The van der Waals surface area contributed by atoms with Crippen LogP contribution in [0.3, 0.4) is 0 Å². The van der Waals surface area contributed by atoms with Crippen molar-refractivity contribution in [1.82, 2.24) is 5.32 Å². The predicted octanol–water partition coefficient (Wildman–Crippen LogP) is 1.12. The van der Waals surface area contributed by atoms with E-state index in [0.29, 0.717) is 12.3 Å². The van der Waals surface area contributed by atoms with Gasteiger partial charge >= 0.3 is 11.9 Å². The van der Waals surface area contributed by atoms with Gasteiger partial charge < -0.3 is 9.47 Å². The van der Waals surface area contributed by atoms with Crippen LogP contribution >= 0.6 is 0 Å². The largest absolute Gasteiger partial charge is 0.468 e. The highest BCUT2D eigenvalue weighted by molar-refractivity contribution is 5.77. The number of esters is 2. The van der Waals surface area contributed by atoms with Gasteiger partial charge in [-0.25, -0.2) is 0 Å². The Morgan fingerprint density at radius 2 is 1.76 bits per heavy atom. The van der Waals surface area contributed by atoms with Crippen LogP contribution in [0.4, 0.5) is 0 Å². The summed E-state index contributed by atoms with van der Waals surface area (Å²) in [5.74, 6) is -0.374. The van der Waals surface area contributed by atoms with Gasteiger partial charge in [0.1, 0.15) is 6.04 Å². The van der Waals surface area contributed by atoms with E-state index in [1.165, 1.54) is 7.11 Å². The maximum Gasteiger partial charge on any atom is 0.322 e. The number of methoxy groups -OCH3 is 1. The maximum atomic E-state index is 11.4. The second kappa shape index (κ2) is 8.06. The molecule has 0 saturated heterocycles. The molecule has 0 aliphatic carbocycles. The van der Waals surface area contributed by atoms with Crippen LogP contribution in [0.15, 0.2) is 0 Å². The summed E-state index contributed by atoms with van der Waals surface area (Å²) in [6.45, 7) is 7.59. The zero-order valence-electron chi connectivity index (χ0n) is 11.3. The zero-order chi connectivity index (χ0) is 13.4. The van der Waals surface area contributed by atoms with Gasteiger partial charge in [0.15, 0.2) is 0 Å².